The lowest BCUT2D eigenvalue weighted by atomic mass is 9.57. The lowest BCUT2D eigenvalue weighted by molar-refractivity contribution is -0.963. The van der Waals surface area contributed by atoms with Crippen LogP contribution < -0.4 is 18.9 Å². The molecule has 262 valence electrons. The summed E-state index contributed by atoms with van der Waals surface area (Å²) < 4.78 is 24.2. The number of rotatable bonds is 13. The van der Waals surface area contributed by atoms with E-state index in [1.165, 1.54) is 0 Å². The third-order valence-corrected chi connectivity index (χ3v) is 13.5. The fourth-order valence-corrected chi connectivity index (χ4v) is 10.9. The second-order valence-electron chi connectivity index (χ2n) is 15.4. The standard InChI is InChI=1S/C38H52N2O8/c1-39(22-24-15-32(45-3)11-13-34(24)47-5)28-7-8-29(39)18-26(17-28)38(37(43)44,21-36(41)42)27-19-30-9-10-31(20-27)40(30,2)23-25-16-33(46-4)12-14-35(25)48-6/h11-16,26-31H,7-10,17-23H2,1-6H3/p+2/t26?,27?,28-,29+,30-,31+,38?,39?,40?. The number of benzene rings is 2. The van der Waals surface area contributed by atoms with Crippen LogP contribution in [0.4, 0.5) is 0 Å². The third-order valence-electron chi connectivity index (χ3n) is 13.5. The summed E-state index contributed by atoms with van der Waals surface area (Å²) in [5, 5.41) is 21.6. The highest BCUT2D eigenvalue weighted by molar-refractivity contribution is 5.82. The second kappa shape index (κ2) is 13.1. The number of ether oxygens (including phenoxy) is 4. The average molecular weight is 667 g/mol. The van der Waals surface area contributed by atoms with Crippen molar-refractivity contribution in [3.63, 3.8) is 0 Å². The van der Waals surface area contributed by atoms with Gasteiger partial charge in [0, 0.05) is 51.4 Å². The Morgan fingerprint density at radius 2 is 1.04 bits per heavy atom. The SMILES string of the molecule is COc1ccc(OC)c(C[N+]2(C)[C@@H]3CC[C@H]2CC(C(CC(=O)O)(C(=O)O)C2C[C@H]4CC[C@@H](C2)[N+]4(C)Cc2cc(OC)ccc2OC)C3)c1. The second-order valence-corrected chi connectivity index (χ2v) is 15.4. The number of methoxy groups -OCH3 is 4. The Balaban J connectivity index is 1.28. The minimum atomic E-state index is -1.30. The molecule has 4 unspecified atom stereocenters. The average Bonchev–Trinajstić information content (AvgIpc) is 3.31. The molecule has 0 radical (unpaired) electrons. The fourth-order valence-electron chi connectivity index (χ4n) is 10.9. The Hall–Kier alpha value is -3.50. The van der Waals surface area contributed by atoms with Crippen molar-refractivity contribution in [2.24, 2.45) is 17.3 Å². The van der Waals surface area contributed by atoms with Crippen LogP contribution in [0, 0.1) is 17.3 Å². The molecule has 0 aliphatic carbocycles. The number of fused-ring (bicyclic) bond motifs is 4. The molecule has 0 aromatic heterocycles. The zero-order chi connectivity index (χ0) is 34.4. The van der Waals surface area contributed by atoms with Gasteiger partial charge < -0.3 is 38.1 Å². The summed E-state index contributed by atoms with van der Waals surface area (Å²) >= 11 is 0. The number of aliphatic carboxylic acids is 2. The zero-order valence-corrected chi connectivity index (χ0v) is 29.4. The topological polar surface area (TPSA) is 112 Å². The number of nitrogens with zero attached hydrogens (tertiary/aromatic N) is 2. The van der Waals surface area contributed by atoms with Gasteiger partial charge in [0.05, 0.1) is 89.7 Å². The molecule has 0 saturated carbocycles. The van der Waals surface area contributed by atoms with Crippen LogP contribution in [0.25, 0.3) is 0 Å². The minimum Gasteiger partial charge on any atom is -0.497 e. The van der Waals surface area contributed by atoms with E-state index in [0.717, 1.165) is 108 Å². The lowest BCUT2D eigenvalue weighted by Gasteiger charge is -2.55. The van der Waals surface area contributed by atoms with Gasteiger partial charge in [0.15, 0.2) is 0 Å². The maximum Gasteiger partial charge on any atom is 0.310 e. The van der Waals surface area contributed by atoms with E-state index in [4.69, 9.17) is 18.9 Å². The van der Waals surface area contributed by atoms with Gasteiger partial charge in [0.2, 0.25) is 0 Å². The van der Waals surface area contributed by atoms with Crippen LogP contribution in [-0.2, 0) is 22.7 Å². The van der Waals surface area contributed by atoms with Crippen molar-refractivity contribution < 1.29 is 47.7 Å². The number of carbonyl (C=O) groups is 2. The van der Waals surface area contributed by atoms with Gasteiger partial charge in [-0.05, 0) is 48.2 Å². The Morgan fingerprint density at radius 3 is 1.33 bits per heavy atom. The first-order valence-corrected chi connectivity index (χ1v) is 17.5. The van der Waals surface area contributed by atoms with E-state index in [9.17, 15) is 19.8 Å². The molecule has 4 bridgehead atoms. The van der Waals surface area contributed by atoms with Gasteiger partial charge in [-0.25, -0.2) is 0 Å². The van der Waals surface area contributed by atoms with Gasteiger partial charge in [-0.3, -0.25) is 9.59 Å². The largest absolute Gasteiger partial charge is 0.497 e. The molecule has 4 aliphatic heterocycles. The molecule has 4 fully saturated rings. The summed E-state index contributed by atoms with van der Waals surface area (Å²) in [7, 11) is 11.3. The summed E-state index contributed by atoms with van der Waals surface area (Å²) in [5.74, 6) is 0.908. The van der Waals surface area contributed by atoms with Crippen molar-refractivity contribution in [2.75, 3.05) is 42.5 Å². The highest BCUT2D eigenvalue weighted by Gasteiger charge is 2.64. The van der Waals surface area contributed by atoms with Crippen LogP contribution in [0.2, 0.25) is 0 Å². The summed E-state index contributed by atoms with van der Waals surface area (Å²) in [6.45, 7) is 1.52. The van der Waals surface area contributed by atoms with Crippen LogP contribution >= 0.6 is 0 Å². The van der Waals surface area contributed by atoms with Gasteiger partial charge in [-0.15, -0.1) is 0 Å². The van der Waals surface area contributed by atoms with Crippen molar-refractivity contribution in [1.82, 2.24) is 0 Å². The number of quaternary nitrogens is 2. The summed E-state index contributed by atoms with van der Waals surface area (Å²) in [6.07, 6.45) is 6.61. The Morgan fingerprint density at radius 1 is 0.667 bits per heavy atom. The van der Waals surface area contributed by atoms with E-state index in [1.807, 2.05) is 36.4 Å². The molecule has 2 N–H and O–H groups in total. The quantitative estimate of drug-likeness (QED) is 0.261. The molecule has 0 amide bonds. The number of hydrogen-bond acceptors (Lipinski definition) is 6. The molecule has 2 aromatic carbocycles. The van der Waals surface area contributed by atoms with Gasteiger partial charge >= 0.3 is 11.9 Å². The maximum absolute atomic E-state index is 13.7. The number of carboxylic acids is 2. The van der Waals surface area contributed by atoms with Crippen LogP contribution in [0.3, 0.4) is 0 Å². The molecule has 4 heterocycles. The van der Waals surface area contributed by atoms with Crippen LogP contribution in [-0.4, -0.2) is 97.8 Å². The predicted octanol–water partition coefficient (Wildman–Crippen LogP) is 5.74. The number of carboxylic acid groups (broad SMARTS) is 2. The summed E-state index contributed by atoms with van der Waals surface area (Å²) in [4.78, 5) is 26.3. The Bertz CT molecular complexity index is 1400. The lowest BCUT2D eigenvalue weighted by Crippen LogP contribution is -2.63. The Kier molecular flexibility index (Phi) is 9.37. The monoisotopic (exact) mass is 666 g/mol. The molecular formula is C38H54N2O8+2. The summed E-state index contributed by atoms with van der Waals surface area (Å²) in [5.41, 5.74) is 0.863. The molecule has 2 aromatic rings. The maximum atomic E-state index is 13.7. The summed E-state index contributed by atoms with van der Waals surface area (Å²) in [6, 6.07) is 12.8. The van der Waals surface area contributed by atoms with Gasteiger partial charge in [-0.1, -0.05) is 0 Å². The normalized spacial score (nSPS) is 33.5. The van der Waals surface area contributed by atoms with Crippen molar-refractivity contribution >= 4 is 11.9 Å². The first-order chi connectivity index (χ1) is 22.9. The van der Waals surface area contributed by atoms with Gasteiger partial charge in [0.1, 0.15) is 36.1 Å². The van der Waals surface area contributed by atoms with Gasteiger partial charge in [-0.2, -0.15) is 0 Å². The van der Waals surface area contributed by atoms with E-state index in [0.29, 0.717) is 0 Å². The molecule has 4 aliphatic rings. The zero-order valence-electron chi connectivity index (χ0n) is 29.4. The minimum absolute atomic E-state index is 0.193. The van der Waals surface area contributed by atoms with Crippen molar-refractivity contribution in [2.45, 2.75) is 95.0 Å². The van der Waals surface area contributed by atoms with E-state index in [1.54, 1.807) is 28.4 Å². The van der Waals surface area contributed by atoms with Crippen molar-refractivity contribution in [1.29, 1.82) is 0 Å². The molecule has 48 heavy (non-hydrogen) atoms. The van der Waals surface area contributed by atoms with Crippen molar-refractivity contribution in [3.8, 4) is 23.0 Å². The third kappa shape index (κ3) is 5.68. The smallest absolute Gasteiger partial charge is 0.310 e. The van der Waals surface area contributed by atoms with E-state index < -0.39 is 17.4 Å². The first kappa shape index (κ1) is 34.4. The number of hydrogen-bond donors (Lipinski definition) is 2. The van der Waals surface area contributed by atoms with Crippen LogP contribution in [0.15, 0.2) is 36.4 Å². The number of piperidine rings is 2. The van der Waals surface area contributed by atoms with Crippen molar-refractivity contribution in [3.05, 3.63) is 47.5 Å². The van der Waals surface area contributed by atoms with E-state index in [2.05, 4.69) is 14.1 Å². The molecule has 4 saturated heterocycles. The molecule has 10 nitrogen and oxygen atoms in total. The van der Waals surface area contributed by atoms with E-state index in [-0.39, 0.29) is 42.4 Å². The predicted molar refractivity (Wildman–Crippen MR) is 180 cm³/mol. The molecular weight excluding hydrogens is 612 g/mol. The molecule has 10 heteroatoms. The first-order valence-electron chi connectivity index (χ1n) is 17.5. The fraction of sp³-hybridized carbons (Fsp3) is 0.632. The van der Waals surface area contributed by atoms with Crippen LogP contribution in [0.1, 0.15) is 68.9 Å². The van der Waals surface area contributed by atoms with Crippen LogP contribution in [0.5, 0.6) is 23.0 Å². The molecule has 6 rings (SSSR count). The van der Waals surface area contributed by atoms with E-state index >= 15 is 0 Å². The molecule has 8 atom stereocenters. The van der Waals surface area contributed by atoms with Gasteiger partial charge in [0.25, 0.3) is 0 Å². The molecule has 0 spiro atoms. The Labute approximate surface area is 284 Å². The highest BCUT2D eigenvalue weighted by atomic mass is 16.5. The highest BCUT2D eigenvalue weighted by Crippen LogP contribution is 2.59.